The van der Waals surface area contributed by atoms with Gasteiger partial charge in [-0.25, -0.2) is 0 Å². The highest BCUT2D eigenvalue weighted by Crippen LogP contribution is 2.28. The predicted molar refractivity (Wildman–Crippen MR) is 79.1 cm³/mol. The number of anilines is 1. The van der Waals surface area contributed by atoms with Crippen LogP contribution in [0.3, 0.4) is 0 Å². The second-order valence-corrected chi connectivity index (χ2v) is 4.74. The van der Waals surface area contributed by atoms with Crippen LogP contribution in [-0.2, 0) is 0 Å². The first-order chi connectivity index (χ1) is 8.72. The fourth-order valence-electron chi connectivity index (χ4n) is 1.61. The molecule has 0 bridgehead atoms. The van der Waals surface area contributed by atoms with Crippen molar-refractivity contribution in [2.75, 3.05) is 11.9 Å². The molecule has 0 radical (unpaired) electrons. The molecule has 18 heavy (non-hydrogen) atoms. The zero-order valence-corrected chi connectivity index (χ0v) is 12.0. The minimum Gasteiger partial charge on any atom is -0.343 e. The quantitative estimate of drug-likeness (QED) is 0.696. The monoisotopic (exact) mass is 306 g/mol. The SMILES string of the molecule is CCCN=C(C)Nc1ccc2nccnc2c1Br. The minimum atomic E-state index is 0.837. The zero-order valence-electron chi connectivity index (χ0n) is 10.4. The number of aromatic nitrogens is 2. The molecule has 1 heterocycles. The maximum Gasteiger partial charge on any atom is 0.105 e. The van der Waals surface area contributed by atoms with Gasteiger partial charge in [0.1, 0.15) is 5.52 Å². The highest BCUT2D eigenvalue weighted by molar-refractivity contribution is 9.10. The summed E-state index contributed by atoms with van der Waals surface area (Å²) in [4.78, 5) is 13.0. The van der Waals surface area contributed by atoms with Crippen molar-refractivity contribution in [3.63, 3.8) is 0 Å². The minimum absolute atomic E-state index is 0.837. The van der Waals surface area contributed by atoms with Crippen molar-refractivity contribution in [1.82, 2.24) is 9.97 Å². The summed E-state index contributed by atoms with van der Waals surface area (Å²) in [5.41, 5.74) is 2.68. The molecule has 0 aliphatic carbocycles. The third-order valence-corrected chi connectivity index (χ3v) is 3.27. The van der Waals surface area contributed by atoms with Gasteiger partial charge in [0.25, 0.3) is 0 Å². The number of nitrogens with one attached hydrogen (secondary N) is 1. The number of amidine groups is 1. The molecule has 2 aromatic rings. The topological polar surface area (TPSA) is 50.2 Å². The molecule has 5 heteroatoms. The van der Waals surface area contributed by atoms with E-state index in [9.17, 15) is 0 Å². The second kappa shape index (κ2) is 5.91. The summed E-state index contributed by atoms with van der Waals surface area (Å²) in [6.07, 6.45) is 4.42. The summed E-state index contributed by atoms with van der Waals surface area (Å²) in [7, 11) is 0. The summed E-state index contributed by atoms with van der Waals surface area (Å²) >= 11 is 3.56. The maximum absolute atomic E-state index is 4.41. The Bertz CT molecular complexity index is 580. The fraction of sp³-hybridized carbons (Fsp3) is 0.308. The van der Waals surface area contributed by atoms with Crippen LogP contribution in [-0.4, -0.2) is 22.3 Å². The van der Waals surface area contributed by atoms with Crippen molar-refractivity contribution in [3.8, 4) is 0 Å². The molecule has 1 aromatic carbocycles. The van der Waals surface area contributed by atoms with Gasteiger partial charge in [-0.3, -0.25) is 15.0 Å². The number of halogens is 1. The van der Waals surface area contributed by atoms with Crippen LogP contribution in [0.5, 0.6) is 0 Å². The highest BCUT2D eigenvalue weighted by Gasteiger charge is 2.06. The molecule has 0 atom stereocenters. The van der Waals surface area contributed by atoms with Crippen LogP contribution in [0.1, 0.15) is 20.3 Å². The lowest BCUT2D eigenvalue weighted by Gasteiger charge is -2.09. The molecule has 4 nitrogen and oxygen atoms in total. The number of hydrogen-bond donors (Lipinski definition) is 1. The second-order valence-electron chi connectivity index (χ2n) is 3.94. The Hall–Kier alpha value is -1.49. The Kier molecular flexibility index (Phi) is 4.25. The van der Waals surface area contributed by atoms with Crippen molar-refractivity contribution in [2.24, 2.45) is 4.99 Å². The van der Waals surface area contributed by atoms with Crippen molar-refractivity contribution < 1.29 is 0 Å². The van der Waals surface area contributed by atoms with Crippen LogP contribution in [0.25, 0.3) is 11.0 Å². The van der Waals surface area contributed by atoms with E-state index in [2.05, 4.69) is 43.1 Å². The molecule has 1 aromatic heterocycles. The molecular formula is C13H15BrN4. The molecule has 1 N–H and O–H groups in total. The van der Waals surface area contributed by atoms with E-state index in [1.54, 1.807) is 12.4 Å². The van der Waals surface area contributed by atoms with Gasteiger partial charge in [0.2, 0.25) is 0 Å². The Morgan fingerprint density at radius 2 is 2.11 bits per heavy atom. The molecule has 0 aliphatic heterocycles. The molecule has 0 fully saturated rings. The summed E-state index contributed by atoms with van der Waals surface area (Å²) in [5, 5.41) is 3.27. The summed E-state index contributed by atoms with van der Waals surface area (Å²) < 4.78 is 0.916. The van der Waals surface area contributed by atoms with Gasteiger partial charge in [0, 0.05) is 18.9 Å². The van der Waals surface area contributed by atoms with Gasteiger partial charge >= 0.3 is 0 Å². The smallest absolute Gasteiger partial charge is 0.105 e. The summed E-state index contributed by atoms with van der Waals surface area (Å²) in [5.74, 6) is 0.904. The zero-order chi connectivity index (χ0) is 13.0. The van der Waals surface area contributed by atoms with E-state index in [1.165, 1.54) is 0 Å². The number of rotatable bonds is 3. The lowest BCUT2D eigenvalue weighted by molar-refractivity contribution is 0.931. The van der Waals surface area contributed by atoms with Crippen LogP contribution in [0.2, 0.25) is 0 Å². The highest BCUT2D eigenvalue weighted by atomic mass is 79.9. The van der Waals surface area contributed by atoms with E-state index in [-0.39, 0.29) is 0 Å². The standard InChI is InChI=1S/C13H15BrN4/c1-3-6-15-9(2)18-10-4-5-11-13(12(10)14)17-8-7-16-11/h4-5,7-8H,3,6H2,1-2H3,(H,15,18). The maximum atomic E-state index is 4.41. The average Bonchev–Trinajstić information content (AvgIpc) is 2.40. The molecule has 0 amide bonds. The van der Waals surface area contributed by atoms with E-state index >= 15 is 0 Å². The molecular weight excluding hydrogens is 292 g/mol. The van der Waals surface area contributed by atoms with E-state index in [4.69, 9.17) is 0 Å². The van der Waals surface area contributed by atoms with E-state index in [0.29, 0.717) is 0 Å². The Morgan fingerprint density at radius 3 is 2.89 bits per heavy atom. The number of benzene rings is 1. The molecule has 0 saturated heterocycles. The number of fused-ring (bicyclic) bond motifs is 1. The number of aliphatic imine (C=N–C) groups is 1. The first-order valence-corrected chi connectivity index (χ1v) is 6.69. The van der Waals surface area contributed by atoms with Crippen LogP contribution < -0.4 is 5.32 Å². The first-order valence-electron chi connectivity index (χ1n) is 5.89. The normalized spacial score (nSPS) is 11.8. The van der Waals surface area contributed by atoms with Gasteiger partial charge in [0.15, 0.2) is 0 Å². The molecule has 94 valence electrons. The van der Waals surface area contributed by atoms with E-state index in [0.717, 1.165) is 40.0 Å². The van der Waals surface area contributed by atoms with E-state index in [1.807, 2.05) is 19.1 Å². The Labute approximate surface area is 115 Å². The van der Waals surface area contributed by atoms with Gasteiger partial charge in [-0.2, -0.15) is 0 Å². The lowest BCUT2D eigenvalue weighted by atomic mass is 10.2. The molecule has 0 saturated carbocycles. The van der Waals surface area contributed by atoms with Crippen molar-refractivity contribution in [3.05, 3.63) is 29.0 Å². The van der Waals surface area contributed by atoms with Crippen LogP contribution in [0.15, 0.2) is 34.0 Å². The fourth-order valence-corrected chi connectivity index (χ4v) is 2.15. The average molecular weight is 307 g/mol. The van der Waals surface area contributed by atoms with Gasteiger partial charge in [-0.15, -0.1) is 0 Å². The number of hydrogen-bond acceptors (Lipinski definition) is 3. The van der Waals surface area contributed by atoms with Gasteiger partial charge in [0.05, 0.1) is 21.5 Å². The summed E-state index contributed by atoms with van der Waals surface area (Å²) in [6.45, 7) is 4.91. The molecule has 2 rings (SSSR count). The molecule has 0 unspecified atom stereocenters. The van der Waals surface area contributed by atoms with Crippen LogP contribution >= 0.6 is 15.9 Å². The molecule has 0 spiro atoms. The van der Waals surface area contributed by atoms with Gasteiger partial charge < -0.3 is 5.32 Å². The van der Waals surface area contributed by atoms with Gasteiger partial charge in [-0.05, 0) is 41.4 Å². The van der Waals surface area contributed by atoms with Crippen LogP contribution in [0, 0.1) is 0 Å². The van der Waals surface area contributed by atoms with E-state index < -0.39 is 0 Å². The molecule has 0 aliphatic rings. The van der Waals surface area contributed by atoms with Gasteiger partial charge in [-0.1, -0.05) is 6.92 Å². The van der Waals surface area contributed by atoms with Crippen molar-refractivity contribution >= 4 is 38.5 Å². The van der Waals surface area contributed by atoms with Crippen LogP contribution in [0.4, 0.5) is 5.69 Å². The third kappa shape index (κ3) is 2.85. The Morgan fingerprint density at radius 1 is 1.33 bits per heavy atom. The Balaban J connectivity index is 2.32. The number of nitrogens with zero attached hydrogens (tertiary/aromatic N) is 3. The first kappa shape index (κ1) is 13.0. The summed E-state index contributed by atoms with van der Waals surface area (Å²) in [6, 6.07) is 3.93. The van der Waals surface area contributed by atoms with Crippen molar-refractivity contribution in [2.45, 2.75) is 20.3 Å². The predicted octanol–water partition coefficient (Wildman–Crippen LogP) is 3.63. The third-order valence-electron chi connectivity index (χ3n) is 2.47. The largest absolute Gasteiger partial charge is 0.343 e. The lowest BCUT2D eigenvalue weighted by Crippen LogP contribution is -2.08. The van der Waals surface area contributed by atoms with Crippen molar-refractivity contribution in [1.29, 1.82) is 0 Å².